The number of rotatable bonds is 4. The summed E-state index contributed by atoms with van der Waals surface area (Å²) in [5.74, 6) is -0.431. The summed E-state index contributed by atoms with van der Waals surface area (Å²) >= 11 is 7.23. The van der Waals surface area contributed by atoms with E-state index in [0.717, 1.165) is 17.0 Å². The van der Waals surface area contributed by atoms with Crippen molar-refractivity contribution >= 4 is 50.7 Å². The number of benzene rings is 1. The molecule has 5 rings (SSSR count). The highest BCUT2D eigenvalue weighted by Crippen LogP contribution is 2.29. The van der Waals surface area contributed by atoms with Crippen LogP contribution in [0, 0.1) is 6.92 Å². The topological polar surface area (TPSA) is 78.8 Å². The molecule has 2 aromatic heterocycles. The number of hydrogen-bond acceptors (Lipinski definition) is 6. The van der Waals surface area contributed by atoms with Gasteiger partial charge in [0.25, 0.3) is 11.5 Å². The molecule has 0 aliphatic carbocycles. The van der Waals surface area contributed by atoms with E-state index in [-0.39, 0.29) is 30.5 Å². The van der Waals surface area contributed by atoms with Crippen LogP contribution in [0.3, 0.4) is 0 Å². The van der Waals surface area contributed by atoms with Crippen molar-refractivity contribution in [2.75, 3.05) is 44.2 Å². The largest absolute Gasteiger partial charge is 0.368 e. The van der Waals surface area contributed by atoms with Gasteiger partial charge in [-0.3, -0.25) is 19.0 Å². The van der Waals surface area contributed by atoms with Crippen LogP contribution < -0.4 is 10.5 Å². The lowest BCUT2D eigenvalue weighted by Crippen LogP contribution is -2.50. The molecule has 0 bridgehead atoms. The van der Waals surface area contributed by atoms with Crippen molar-refractivity contribution in [1.29, 1.82) is 0 Å². The van der Waals surface area contributed by atoms with Gasteiger partial charge in [0, 0.05) is 43.4 Å². The third-order valence-corrected chi connectivity index (χ3v) is 8.06. The van der Waals surface area contributed by atoms with E-state index in [2.05, 4.69) is 9.88 Å². The number of alkyl halides is 1. The maximum Gasteiger partial charge on any atom is 0.264 e. The molecule has 0 unspecified atom stereocenters. The van der Waals surface area contributed by atoms with Crippen LogP contribution in [-0.2, 0) is 11.3 Å². The second kappa shape index (κ2) is 9.58. The molecule has 2 aliphatic rings. The number of fused-ring (bicyclic) bond motifs is 1. The molecule has 4 heterocycles. The van der Waals surface area contributed by atoms with Crippen LogP contribution in [-0.4, -0.2) is 76.6 Å². The highest BCUT2D eigenvalue weighted by molar-refractivity contribution is 7.20. The summed E-state index contributed by atoms with van der Waals surface area (Å²) in [7, 11) is 0. The highest BCUT2D eigenvalue weighted by atomic mass is 35.5. The Morgan fingerprint density at radius 3 is 2.63 bits per heavy atom. The molecule has 1 aromatic carbocycles. The van der Waals surface area contributed by atoms with Gasteiger partial charge in [0.15, 0.2) is 0 Å². The van der Waals surface area contributed by atoms with E-state index in [9.17, 15) is 18.8 Å². The van der Waals surface area contributed by atoms with Gasteiger partial charge in [0.2, 0.25) is 5.91 Å². The first-order chi connectivity index (χ1) is 16.8. The van der Waals surface area contributed by atoms with E-state index in [0.29, 0.717) is 64.8 Å². The van der Waals surface area contributed by atoms with Crippen LogP contribution in [0.2, 0.25) is 5.02 Å². The number of carbonyl (C=O) groups excluding carboxylic acids is 2. The summed E-state index contributed by atoms with van der Waals surface area (Å²) in [4.78, 5) is 49.6. The maximum absolute atomic E-state index is 13.6. The van der Waals surface area contributed by atoms with Crippen LogP contribution in [0.4, 0.5) is 10.1 Å². The Kier molecular flexibility index (Phi) is 6.50. The second-order valence-corrected chi connectivity index (χ2v) is 10.3. The number of aryl methyl sites for hydroxylation is 1. The summed E-state index contributed by atoms with van der Waals surface area (Å²) < 4.78 is 14.9. The lowest BCUT2D eigenvalue weighted by atomic mass is 10.2. The molecule has 2 saturated heterocycles. The molecule has 0 radical (unpaired) electrons. The number of anilines is 1. The first-order valence-electron chi connectivity index (χ1n) is 11.5. The zero-order valence-corrected chi connectivity index (χ0v) is 20.8. The monoisotopic (exact) mass is 517 g/mol. The number of carbonyl (C=O) groups is 2. The third-order valence-electron chi connectivity index (χ3n) is 6.64. The Hall–Kier alpha value is -2.98. The first kappa shape index (κ1) is 23.7. The van der Waals surface area contributed by atoms with Gasteiger partial charge in [-0.1, -0.05) is 17.7 Å². The lowest BCUT2D eigenvalue weighted by molar-refractivity contribution is -0.132. The smallest absolute Gasteiger partial charge is 0.264 e. The van der Waals surface area contributed by atoms with E-state index >= 15 is 0 Å². The molecular weight excluding hydrogens is 493 g/mol. The molecule has 0 N–H and O–H groups in total. The molecule has 1 atom stereocenters. The fourth-order valence-electron chi connectivity index (χ4n) is 4.65. The fourth-order valence-corrected chi connectivity index (χ4v) is 5.95. The number of thiophene rings is 1. The van der Waals surface area contributed by atoms with E-state index in [1.165, 1.54) is 15.8 Å². The molecule has 0 spiro atoms. The Labute approximate surface area is 210 Å². The van der Waals surface area contributed by atoms with Gasteiger partial charge in [-0.15, -0.1) is 11.3 Å². The van der Waals surface area contributed by atoms with Gasteiger partial charge in [-0.2, -0.15) is 0 Å². The van der Waals surface area contributed by atoms with Crippen LogP contribution in [0.15, 0.2) is 35.4 Å². The van der Waals surface area contributed by atoms with Crippen molar-refractivity contribution in [2.45, 2.75) is 26.1 Å². The van der Waals surface area contributed by atoms with Crippen molar-refractivity contribution in [3.8, 4) is 0 Å². The zero-order chi connectivity index (χ0) is 24.7. The summed E-state index contributed by atoms with van der Waals surface area (Å²) in [5, 5.41) is 1.01. The van der Waals surface area contributed by atoms with E-state index in [1.54, 1.807) is 11.8 Å². The van der Waals surface area contributed by atoms with Gasteiger partial charge < -0.3 is 14.7 Å². The number of hydrogen-bond donors (Lipinski definition) is 0. The minimum Gasteiger partial charge on any atom is -0.368 e. The van der Waals surface area contributed by atoms with Crippen molar-refractivity contribution in [3.63, 3.8) is 0 Å². The number of aromatic nitrogens is 2. The lowest BCUT2D eigenvalue weighted by Gasteiger charge is -2.36. The average molecular weight is 518 g/mol. The second-order valence-electron chi connectivity index (χ2n) is 8.90. The van der Waals surface area contributed by atoms with Gasteiger partial charge in [0.05, 0.1) is 23.1 Å². The van der Waals surface area contributed by atoms with Gasteiger partial charge in [0.1, 0.15) is 17.5 Å². The van der Waals surface area contributed by atoms with Crippen LogP contribution in [0.25, 0.3) is 10.2 Å². The predicted octanol–water partition coefficient (Wildman–Crippen LogP) is 2.95. The standard InChI is InChI=1S/C24H25ClFN5O3S/c1-15-20-22(35-21(15)24(34)30-6-5-17(26)12-30)27-14-31(23(20)33)13-19(32)29-9-7-28(8-10-29)18-4-2-3-16(25)11-18/h2-4,11,14,17H,5-10,12-13H2,1H3/t17-/m0/s1. The SMILES string of the molecule is Cc1c(C(=O)N2CC[C@H](F)C2)sc2ncn(CC(=O)N3CCN(c4cccc(Cl)c4)CC3)c(=O)c12. The van der Waals surface area contributed by atoms with Crippen LogP contribution in [0.5, 0.6) is 0 Å². The molecule has 184 valence electrons. The summed E-state index contributed by atoms with van der Waals surface area (Å²) in [6.07, 6.45) is 0.681. The normalized spacial score (nSPS) is 18.5. The van der Waals surface area contributed by atoms with Gasteiger partial charge >= 0.3 is 0 Å². The Balaban J connectivity index is 1.29. The summed E-state index contributed by atoms with van der Waals surface area (Å²) in [6, 6.07) is 7.62. The molecule has 3 aromatic rings. The van der Waals surface area contributed by atoms with Crippen LogP contribution >= 0.6 is 22.9 Å². The van der Waals surface area contributed by atoms with Crippen molar-refractivity contribution < 1.29 is 14.0 Å². The fraction of sp³-hybridized carbons (Fsp3) is 0.417. The van der Waals surface area contributed by atoms with Crippen molar-refractivity contribution in [2.24, 2.45) is 0 Å². The molecule has 35 heavy (non-hydrogen) atoms. The minimum atomic E-state index is -1.01. The molecule has 0 saturated carbocycles. The predicted molar refractivity (Wildman–Crippen MR) is 134 cm³/mol. The maximum atomic E-state index is 13.6. The minimum absolute atomic E-state index is 0.0727. The molecule has 2 fully saturated rings. The highest BCUT2D eigenvalue weighted by Gasteiger charge is 2.30. The molecule has 2 aliphatic heterocycles. The number of piperazine rings is 1. The van der Waals surface area contributed by atoms with Crippen molar-refractivity contribution in [1.82, 2.24) is 19.4 Å². The van der Waals surface area contributed by atoms with Crippen molar-refractivity contribution in [3.05, 3.63) is 56.4 Å². The quantitative estimate of drug-likeness (QED) is 0.531. The molecule has 11 heteroatoms. The molecular formula is C24H25ClFN5O3S. The van der Waals surface area contributed by atoms with E-state index in [1.807, 2.05) is 24.3 Å². The van der Waals surface area contributed by atoms with Crippen LogP contribution in [0.1, 0.15) is 21.7 Å². The summed E-state index contributed by atoms with van der Waals surface area (Å²) in [5.41, 5.74) is 1.20. The zero-order valence-electron chi connectivity index (χ0n) is 19.2. The number of likely N-dealkylation sites (tertiary alicyclic amines) is 1. The number of nitrogens with zero attached hydrogens (tertiary/aromatic N) is 5. The Morgan fingerprint density at radius 2 is 1.94 bits per heavy atom. The van der Waals surface area contributed by atoms with E-state index in [4.69, 9.17) is 11.6 Å². The Morgan fingerprint density at radius 1 is 1.17 bits per heavy atom. The number of amides is 2. The van der Waals surface area contributed by atoms with E-state index < -0.39 is 6.17 Å². The average Bonchev–Trinajstić information content (AvgIpc) is 3.44. The number of halogens is 2. The molecule has 2 amide bonds. The Bertz CT molecular complexity index is 1350. The summed E-state index contributed by atoms with van der Waals surface area (Å²) in [6.45, 7) is 4.45. The first-order valence-corrected chi connectivity index (χ1v) is 12.7. The third kappa shape index (κ3) is 4.64. The molecule has 8 nitrogen and oxygen atoms in total. The van der Waals surface area contributed by atoms with Gasteiger partial charge in [-0.05, 0) is 37.1 Å². The van der Waals surface area contributed by atoms with Gasteiger partial charge in [-0.25, -0.2) is 9.37 Å².